The Balaban J connectivity index is 3.30. The third-order valence-electron chi connectivity index (χ3n) is 2.62. The average molecular weight is 259 g/mol. The van der Waals surface area contributed by atoms with Crippen LogP contribution in [-0.4, -0.2) is 19.7 Å². The van der Waals surface area contributed by atoms with E-state index >= 15 is 0 Å². The Labute approximate surface area is 113 Å². The summed E-state index contributed by atoms with van der Waals surface area (Å²) in [5, 5.41) is 8.98. The molecule has 0 saturated heterocycles. The summed E-state index contributed by atoms with van der Waals surface area (Å²) >= 11 is 0. The van der Waals surface area contributed by atoms with Gasteiger partial charge in [0.05, 0.1) is 13.7 Å². The van der Waals surface area contributed by atoms with E-state index in [1.54, 1.807) is 0 Å². The summed E-state index contributed by atoms with van der Waals surface area (Å²) < 4.78 is 10.2. The molecule has 19 heavy (non-hydrogen) atoms. The van der Waals surface area contributed by atoms with Gasteiger partial charge in [0.2, 0.25) is 0 Å². The highest BCUT2D eigenvalue weighted by molar-refractivity contribution is 5.98. The van der Waals surface area contributed by atoms with Crippen LogP contribution < -0.4 is 4.74 Å². The van der Waals surface area contributed by atoms with E-state index in [9.17, 15) is 4.79 Å². The van der Waals surface area contributed by atoms with Crippen LogP contribution in [0.3, 0.4) is 0 Å². The molecule has 0 bridgehead atoms. The Kier molecular flexibility index (Phi) is 5.62. The van der Waals surface area contributed by atoms with Crippen molar-refractivity contribution in [1.29, 1.82) is 5.26 Å². The molecule has 0 heterocycles. The number of nitriles is 1. The molecule has 1 aromatic rings. The molecule has 0 aliphatic rings. The molecule has 1 rings (SSSR count). The molecule has 4 nitrogen and oxygen atoms in total. The molecule has 0 amide bonds. The van der Waals surface area contributed by atoms with E-state index in [1.165, 1.54) is 13.2 Å². The standard InChI is InChI=1S/C15H17NO3/c1-4-11-7-6-8-12(14(11)19-5-2)9-13(10-16)15(17)18-3/h6-9H,4-5H2,1-3H3. The molecule has 1 aromatic carbocycles. The van der Waals surface area contributed by atoms with Gasteiger partial charge in [0.1, 0.15) is 17.4 Å². The SMILES string of the molecule is CCOc1c(C=C(C#N)C(=O)OC)cccc1CC. The van der Waals surface area contributed by atoms with Crippen molar-refractivity contribution < 1.29 is 14.3 Å². The molecule has 0 spiro atoms. The third kappa shape index (κ3) is 3.59. The molecule has 0 aliphatic heterocycles. The summed E-state index contributed by atoms with van der Waals surface area (Å²) in [6, 6.07) is 7.49. The van der Waals surface area contributed by atoms with Crippen molar-refractivity contribution in [2.24, 2.45) is 0 Å². The van der Waals surface area contributed by atoms with Crippen molar-refractivity contribution in [2.45, 2.75) is 20.3 Å². The van der Waals surface area contributed by atoms with Crippen LogP contribution in [-0.2, 0) is 16.0 Å². The average Bonchev–Trinajstić information content (AvgIpc) is 2.45. The molecule has 0 unspecified atom stereocenters. The minimum Gasteiger partial charge on any atom is -0.493 e. The zero-order chi connectivity index (χ0) is 14.3. The Morgan fingerprint density at radius 3 is 2.68 bits per heavy atom. The molecule has 0 fully saturated rings. The molecule has 0 aromatic heterocycles. The maximum absolute atomic E-state index is 11.4. The van der Waals surface area contributed by atoms with Gasteiger partial charge in [0.15, 0.2) is 0 Å². The zero-order valence-corrected chi connectivity index (χ0v) is 11.4. The first kappa shape index (κ1) is 14.8. The van der Waals surface area contributed by atoms with Gasteiger partial charge in [0.25, 0.3) is 0 Å². The number of ether oxygens (including phenoxy) is 2. The van der Waals surface area contributed by atoms with Gasteiger partial charge in [-0.15, -0.1) is 0 Å². The number of carbonyl (C=O) groups is 1. The van der Waals surface area contributed by atoms with E-state index in [-0.39, 0.29) is 5.57 Å². The second-order valence-electron chi connectivity index (χ2n) is 3.78. The van der Waals surface area contributed by atoms with Crippen molar-refractivity contribution in [3.8, 4) is 11.8 Å². The summed E-state index contributed by atoms with van der Waals surface area (Å²) in [4.78, 5) is 11.4. The van der Waals surface area contributed by atoms with Gasteiger partial charge in [-0.3, -0.25) is 0 Å². The first-order valence-corrected chi connectivity index (χ1v) is 6.12. The lowest BCUT2D eigenvalue weighted by Crippen LogP contribution is -2.04. The minimum absolute atomic E-state index is 0.0447. The van der Waals surface area contributed by atoms with Crippen LogP contribution in [0.1, 0.15) is 25.0 Å². The fraction of sp³-hybridized carbons (Fsp3) is 0.333. The number of aryl methyl sites for hydroxylation is 1. The lowest BCUT2D eigenvalue weighted by Gasteiger charge is -2.12. The van der Waals surface area contributed by atoms with Crippen molar-refractivity contribution >= 4 is 12.0 Å². The number of hydrogen-bond donors (Lipinski definition) is 0. The van der Waals surface area contributed by atoms with Gasteiger partial charge in [-0.25, -0.2) is 4.79 Å². The normalized spacial score (nSPS) is 10.7. The third-order valence-corrected chi connectivity index (χ3v) is 2.62. The Bertz CT molecular complexity index is 527. The van der Waals surface area contributed by atoms with E-state index in [0.29, 0.717) is 17.9 Å². The number of carbonyl (C=O) groups excluding carboxylic acids is 1. The number of nitrogens with zero attached hydrogens (tertiary/aromatic N) is 1. The smallest absolute Gasteiger partial charge is 0.348 e. The highest BCUT2D eigenvalue weighted by Crippen LogP contribution is 2.27. The van der Waals surface area contributed by atoms with Crippen LogP contribution in [0, 0.1) is 11.3 Å². The molecule has 0 saturated carbocycles. The monoisotopic (exact) mass is 259 g/mol. The number of para-hydroxylation sites is 1. The molecule has 0 aliphatic carbocycles. The number of hydrogen-bond acceptors (Lipinski definition) is 4. The minimum atomic E-state index is -0.646. The number of benzene rings is 1. The van der Waals surface area contributed by atoms with Gasteiger partial charge < -0.3 is 9.47 Å². The predicted molar refractivity (Wildman–Crippen MR) is 72.6 cm³/mol. The van der Waals surface area contributed by atoms with Crippen LogP contribution in [0.15, 0.2) is 23.8 Å². The van der Waals surface area contributed by atoms with E-state index in [0.717, 1.165) is 12.0 Å². The Hall–Kier alpha value is -2.28. The van der Waals surface area contributed by atoms with Crippen LogP contribution >= 0.6 is 0 Å². The van der Waals surface area contributed by atoms with Gasteiger partial charge in [-0.1, -0.05) is 25.1 Å². The van der Waals surface area contributed by atoms with Gasteiger partial charge in [0, 0.05) is 5.56 Å². The highest BCUT2D eigenvalue weighted by Gasteiger charge is 2.12. The summed E-state index contributed by atoms with van der Waals surface area (Å²) in [7, 11) is 1.25. The number of rotatable bonds is 5. The van der Waals surface area contributed by atoms with E-state index in [4.69, 9.17) is 10.00 Å². The van der Waals surface area contributed by atoms with Gasteiger partial charge >= 0.3 is 5.97 Å². The second kappa shape index (κ2) is 7.22. The van der Waals surface area contributed by atoms with Crippen LogP contribution in [0.25, 0.3) is 6.08 Å². The summed E-state index contributed by atoms with van der Waals surface area (Å²) in [6.45, 7) is 4.44. The first-order valence-electron chi connectivity index (χ1n) is 6.12. The van der Waals surface area contributed by atoms with E-state index in [2.05, 4.69) is 4.74 Å². The van der Waals surface area contributed by atoms with Crippen LogP contribution in [0.4, 0.5) is 0 Å². The fourth-order valence-electron chi connectivity index (χ4n) is 1.72. The number of esters is 1. The fourth-order valence-corrected chi connectivity index (χ4v) is 1.72. The highest BCUT2D eigenvalue weighted by atomic mass is 16.5. The maximum atomic E-state index is 11.4. The predicted octanol–water partition coefficient (Wildman–Crippen LogP) is 2.73. The second-order valence-corrected chi connectivity index (χ2v) is 3.78. The van der Waals surface area contributed by atoms with Gasteiger partial charge in [-0.05, 0) is 25.0 Å². The topological polar surface area (TPSA) is 59.3 Å². The molecule has 0 radical (unpaired) electrons. The van der Waals surface area contributed by atoms with Crippen LogP contribution in [0.5, 0.6) is 5.75 Å². The van der Waals surface area contributed by atoms with Crippen molar-refractivity contribution in [3.63, 3.8) is 0 Å². The molecule has 100 valence electrons. The molecule has 0 N–H and O–H groups in total. The van der Waals surface area contributed by atoms with E-state index in [1.807, 2.05) is 38.1 Å². The summed E-state index contributed by atoms with van der Waals surface area (Å²) in [6.07, 6.45) is 2.31. The van der Waals surface area contributed by atoms with E-state index < -0.39 is 5.97 Å². The quantitative estimate of drug-likeness (QED) is 0.463. The largest absolute Gasteiger partial charge is 0.493 e. The molecular weight excluding hydrogens is 242 g/mol. The summed E-state index contributed by atoms with van der Waals surface area (Å²) in [5.74, 6) is 0.0657. The van der Waals surface area contributed by atoms with Crippen LogP contribution in [0.2, 0.25) is 0 Å². The molecule has 0 atom stereocenters. The Morgan fingerprint density at radius 2 is 2.16 bits per heavy atom. The zero-order valence-electron chi connectivity index (χ0n) is 11.4. The lowest BCUT2D eigenvalue weighted by atomic mass is 10.0. The maximum Gasteiger partial charge on any atom is 0.348 e. The summed E-state index contributed by atoms with van der Waals surface area (Å²) in [5.41, 5.74) is 1.71. The van der Waals surface area contributed by atoms with Crippen molar-refractivity contribution in [1.82, 2.24) is 0 Å². The Morgan fingerprint density at radius 1 is 1.42 bits per heavy atom. The van der Waals surface area contributed by atoms with Crippen molar-refractivity contribution in [2.75, 3.05) is 13.7 Å². The first-order chi connectivity index (χ1) is 9.17. The number of methoxy groups -OCH3 is 1. The lowest BCUT2D eigenvalue weighted by molar-refractivity contribution is -0.135. The molecular formula is C15H17NO3. The van der Waals surface area contributed by atoms with Crippen molar-refractivity contribution in [3.05, 3.63) is 34.9 Å². The molecule has 4 heteroatoms. The van der Waals surface area contributed by atoms with Gasteiger partial charge in [-0.2, -0.15) is 5.26 Å².